The molecule has 0 spiro atoms. The van der Waals surface area contributed by atoms with Gasteiger partial charge in [0, 0.05) is 0 Å². The average molecular weight is 204 g/mol. The van der Waals surface area contributed by atoms with Gasteiger partial charge in [0.1, 0.15) is 0 Å². The van der Waals surface area contributed by atoms with E-state index < -0.39 is 0 Å². The molecule has 0 saturated heterocycles. The van der Waals surface area contributed by atoms with Crippen molar-refractivity contribution in [3.05, 3.63) is 22.8 Å². The Labute approximate surface area is 94.5 Å². The van der Waals surface area contributed by atoms with E-state index in [0.717, 1.165) is 17.8 Å². The molecule has 2 aliphatic carbocycles. The van der Waals surface area contributed by atoms with Crippen LogP contribution in [0.5, 0.6) is 0 Å². The summed E-state index contributed by atoms with van der Waals surface area (Å²) in [5, 5.41) is 0. The van der Waals surface area contributed by atoms with E-state index in [1.165, 1.54) is 31.3 Å². The highest BCUT2D eigenvalue weighted by Gasteiger charge is 2.37. The van der Waals surface area contributed by atoms with Crippen molar-refractivity contribution in [1.29, 1.82) is 0 Å². The predicted molar refractivity (Wildman–Crippen MR) is 66.7 cm³/mol. The quantitative estimate of drug-likeness (QED) is 0.579. The van der Waals surface area contributed by atoms with E-state index in [1.54, 1.807) is 11.1 Å². The molecular weight excluding hydrogens is 180 g/mol. The first-order valence-electron chi connectivity index (χ1n) is 6.44. The zero-order valence-corrected chi connectivity index (χ0v) is 10.6. The number of hydrogen-bond acceptors (Lipinski definition) is 0. The minimum Gasteiger partial charge on any atom is -0.0762 e. The molecule has 1 saturated carbocycles. The van der Waals surface area contributed by atoms with Gasteiger partial charge in [0.2, 0.25) is 0 Å². The fraction of sp³-hybridized carbons (Fsp3) is 0.733. The lowest BCUT2D eigenvalue weighted by molar-refractivity contribution is 0.321. The van der Waals surface area contributed by atoms with Gasteiger partial charge < -0.3 is 0 Å². The van der Waals surface area contributed by atoms with E-state index in [-0.39, 0.29) is 0 Å². The second kappa shape index (κ2) is 4.15. The van der Waals surface area contributed by atoms with Gasteiger partial charge in [-0.3, -0.25) is 0 Å². The van der Waals surface area contributed by atoms with E-state index in [4.69, 9.17) is 0 Å². The summed E-state index contributed by atoms with van der Waals surface area (Å²) in [6, 6.07) is 0. The maximum Gasteiger partial charge on any atom is -0.0131 e. The normalized spacial score (nSPS) is 35.3. The zero-order valence-electron chi connectivity index (χ0n) is 10.6. The van der Waals surface area contributed by atoms with Gasteiger partial charge in [-0.1, -0.05) is 24.1 Å². The lowest BCUT2D eigenvalue weighted by atomic mass is 9.74. The van der Waals surface area contributed by atoms with Crippen LogP contribution >= 0.6 is 0 Å². The summed E-state index contributed by atoms with van der Waals surface area (Å²) in [5.74, 6) is 2.84. The van der Waals surface area contributed by atoms with E-state index in [9.17, 15) is 0 Å². The highest BCUT2D eigenvalue weighted by atomic mass is 14.4. The van der Waals surface area contributed by atoms with Gasteiger partial charge in [0.15, 0.2) is 0 Å². The Morgan fingerprint density at radius 3 is 2.60 bits per heavy atom. The minimum atomic E-state index is 0.892. The van der Waals surface area contributed by atoms with Crippen LogP contribution in [0.4, 0.5) is 0 Å². The Morgan fingerprint density at radius 2 is 1.93 bits per heavy atom. The van der Waals surface area contributed by atoms with Gasteiger partial charge in [-0.15, -0.1) is 0 Å². The smallest absolute Gasteiger partial charge is 0.0131 e. The van der Waals surface area contributed by atoms with Crippen molar-refractivity contribution in [2.24, 2.45) is 17.8 Å². The van der Waals surface area contributed by atoms with E-state index >= 15 is 0 Å². The van der Waals surface area contributed by atoms with Crippen LogP contribution < -0.4 is 0 Å². The number of rotatable bonds is 1. The molecule has 0 heterocycles. The maximum absolute atomic E-state index is 2.45. The summed E-state index contributed by atoms with van der Waals surface area (Å²) >= 11 is 0. The maximum atomic E-state index is 2.45. The van der Waals surface area contributed by atoms with Gasteiger partial charge in [-0.05, 0) is 69.8 Å². The van der Waals surface area contributed by atoms with Crippen LogP contribution in [-0.2, 0) is 0 Å². The summed E-state index contributed by atoms with van der Waals surface area (Å²) in [7, 11) is 0. The molecule has 15 heavy (non-hydrogen) atoms. The molecule has 1 fully saturated rings. The van der Waals surface area contributed by atoms with Gasteiger partial charge in [-0.2, -0.15) is 0 Å². The van der Waals surface area contributed by atoms with Crippen molar-refractivity contribution in [3.63, 3.8) is 0 Å². The minimum absolute atomic E-state index is 0.892. The lowest BCUT2D eigenvalue weighted by Crippen LogP contribution is -2.20. The third-order valence-corrected chi connectivity index (χ3v) is 4.37. The molecule has 3 atom stereocenters. The van der Waals surface area contributed by atoms with Gasteiger partial charge >= 0.3 is 0 Å². The first-order chi connectivity index (χ1) is 7.09. The Morgan fingerprint density at radius 1 is 1.20 bits per heavy atom. The standard InChI is InChI=1S/C15H24/c1-10(2)9-15-12(4)5-7-13-11(3)6-8-14(13)15/h9,11,13-14H,5-8H2,1-4H3/t11-,13+,14+/m0/s1. The summed E-state index contributed by atoms with van der Waals surface area (Å²) in [6.07, 6.45) is 8.11. The highest BCUT2D eigenvalue weighted by Crippen LogP contribution is 2.48. The fourth-order valence-electron chi connectivity index (χ4n) is 3.52. The van der Waals surface area contributed by atoms with Gasteiger partial charge in [0.25, 0.3) is 0 Å². The fourth-order valence-corrected chi connectivity index (χ4v) is 3.52. The summed E-state index contributed by atoms with van der Waals surface area (Å²) in [4.78, 5) is 0. The average Bonchev–Trinajstić information content (AvgIpc) is 2.52. The van der Waals surface area contributed by atoms with Crippen LogP contribution in [0.1, 0.15) is 53.4 Å². The van der Waals surface area contributed by atoms with Crippen LogP contribution in [0.3, 0.4) is 0 Å². The highest BCUT2D eigenvalue weighted by molar-refractivity contribution is 5.33. The molecule has 0 aliphatic heterocycles. The topological polar surface area (TPSA) is 0 Å². The molecule has 0 bridgehead atoms. The van der Waals surface area contributed by atoms with Crippen molar-refractivity contribution < 1.29 is 0 Å². The van der Waals surface area contributed by atoms with Crippen molar-refractivity contribution in [2.45, 2.75) is 53.4 Å². The molecule has 0 amide bonds. The van der Waals surface area contributed by atoms with Crippen LogP contribution in [0.2, 0.25) is 0 Å². The molecular formula is C15H24. The molecule has 0 radical (unpaired) electrons. The summed E-state index contributed by atoms with van der Waals surface area (Å²) < 4.78 is 0. The molecule has 84 valence electrons. The monoisotopic (exact) mass is 204 g/mol. The molecule has 2 rings (SSSR count). The molecule has 0 aromatic carbocycles. The Bertz CT molecular complexity index is 302. The number of allylic oxidation sites excluding steroid dienone is 4. The van der Waals surface area contributed by atoms with Crippen molar-refractivity contribution in [1.82, 2.24) is 0 Å². The molecule has 2 aliphatic rings. The van der Waals surface area contributed by atoms with Crippen LogP contribution in [-0.4, -0.2) is 0 Å². The Hall–Kier alpha value is -0.520. The molecule has 0 nitrogen and oxygen atoms in total. The van der Waals surface area contributed by atoms with Crippen LogP contribution in [0.25, 0.3) is 0 Å². The number of hydrogen-bond donors (Lipinski definition) is 0. The third kappa shape index (κ3) is 2.04. The predicted octanol–water partition coefficient (Wildman–Crippen LogP) is 4.73. The van der Waals surface area contributed by atoms with E-state index in [2.05, 4.69) is 33.8 Å². The molecule has 0 unspecified atom stereocenters. The van der Waals surface area contributed by atoms with E-state index in [0.29, 0.717) is 0 Å². The van der Waals surface area contributed by atoms with Gasteiger partial charge in [-0.25, -0.2) is 0 Å². The SMILES string of the molecule is CC(C)=CC1=C(C)CC[C@@H]2[C@@H](C)CC[C@@H]12. The molecule has 0 aromatic heterocycles. The van der Waals surface area contributed by atoms with E-state index in [1.807, 2.05) is 0 Å². The van der Waals surface area contributed by atoms with Crippen molar-refractivity contribution in [3.8, 4) is 0 Å². The summed E-state index contributed by atoms with van der Waals surface area (Å²) in [6.45, 7) is 9.24. The Balaban J connectivity index is 2.29. The van der Waals surface area contributed by atoms with Crippen molar-refractivity contribution in [2.75, 3.05) is 0 Å². The summed E-state index contributed by atoms with van der Waals surface area (Å²) in [5.41, 5.74) is 4.81. The van der Waals surface area contributed by atoms with Crippen molar-refractivity contribution >= 4 is 0 Å². The molecule has 0 N–H and O–H groups in total. The first-order valence-corrected chi connectivity index (χ1v) is 6.44. The molecule has 0 aromatic rings. The second-order valence-corrected chi connectivity index (χ2v) is 5.82. The first kappa shape index (κ1) is 11.0. The largest absolute Gasteiger partial charge is 0.0762 e. The Kier molecular flexibility index (Phi) is 3.04. The van der Waals surface area contributed by atoms with Gasteiger partial charge in [0.05, 0.1) is 0 Å². The third-order valence-electron chi connectivity index (χ3n) is 4.37. The molecule has 0 heteroatoms. The van der Waals surface area contributed by atoms with Crippen LogP contribution in [0, 0.1) is 17.8 Å². The second-order valence-electron chi connectivity index (χ2n) is 5.82. The number of fused-ring (bicyclic) bond motifs is 1. The zero-order chi connectivity index (χ0) is 11.0. The lowest BCUT2D eigenvalue weighted by Gasteiger charge is -2.31. The van der Waals surface area contributed by atoms with Crippen LogP contribution in [0.15, 0.2) is 22.8 Å².